The van der Waals surface area contributed by atoms with Crippen molar-refractivity contribution in [3.63, 3.8) is 0 Å². The molecule has 0 saturated carbocycles. The van der Waals surface area contributed by atoms with E-state index in [1.54, 1.807) is 17.9 Å². The summed E-state index contributed by atoms with van der Waals surface area (Å²) < 4.78 is 8.61. The van der Waals surface area contributed by atoms with Crippen molar-refractivity contribution in [2.45, 2.75) is 19.1 Å². The van der Waals surface area contributed by atoms with Gasteiger partial charge < -0.3 is 10.5 Å². The van der Waals surface area contributed by atoms with E-state index in [0.29, 0.717) is 17.8 Å². The number of anilines is 1. The minimum atomic E-state index is -0.194. The largest absolute Gasteiger partial charge is 0.369 e. The van der Waals surface area contributed by atoms with Crippen molar-refractivity contribution in [3.8, 4) is 0 Å². The van der Waals surface area contributed by atoms with E-state index in [0.717, 1.165) is 12.8 Å². The summed E-state index contributed by atoms with van der Waals surface area (Å²) in [6.07, 6.45) is 3.36. The molecule has 0 radical (unpaired) electrons. The van der Waals surface area contributed by atoms with E-state index in [4.69, 9.17) is 10.5 Å². The third-order valence-corrected chi connectivity index (χ3v) is 3.06. The molecule has 2 N–H and O–H groups in total. The lowest BCUT2D eigenvalue weighted by Gasteiger charge is -2.11. The Hall–Kier alpha value is -1.89. The highest BCUT2D eigenvalue weighted by Crippen LogP contribution is 2.25. The van der Waals surface area contributed by atoms with Crippen LogP contribution in [-0.2, 0) is 11.8 Å². The van der Waals surface area contributed by atoms with E-state index in [-0.39, 0.29) is 17.7 Å². The molecular weight excluding hydrogens is 222 g/mol. The predicted molar refractivity (Wildman–Crippen MR) is 61.4 cm³/mol. The van der Waals surface area contributed by atoms with Gasteiger partial charge in [-0.3, -0.25) is 13.9 Å². The fraction of sp³-hybridized carbons (Fsp3) is 0.500. The van der Waals surface area contributed by atoms with Gasteiger partial charge in [-0.1, -0.05) is 0 Å². The van der Waals surface area contributed by atoms with E-state index in [9.17, 15) is 4.79 Å². The van der Waals surface area contributed by atoms with Gasteiger partial charge in [0.05, 0.1) is 6.33 Å². The molecule has 0 amide bonds. The maximum absolute atomic E-state index is 12.1. The van der Waals surface area contributed by atoms with Crippen molar-refractivity contribution in [3.05, 3.63) is 16.7 Å². The molecule has 1 fully saturated rings. The second kappa shape index (κ2) is 3.56. The van der Waals surface area contributed by atoms with Crippen LogP contribution in [-0.4, -0.2) is 25.7 Å². The van der Waals surface area contributed by atoms with E-state index in [1.165, 1.54) is 4.57 Å². The number of fused-ring (bicyclic) bond motifs is 1. The van der Waals surface area contributed by atoms with Gasteiger partial charge in [-0.15, -0.1) is 0 Å². The second-order valence-electron chi connectivity index (χ2n) is 4.13. The van der Waals surface area contributed by atoms with Crippen molar-refractivity contribution < 1.29 is 4.74 Å². The normalized spacial score (nSPS) is 20.2. The Labute approximate surface area is 96.8 Å². The Morgan fingerprint density at radius 1 is 1.59 bits per heavy atom. The summed E-state index contributed by atoms with van der Waals surface area (Å²) in [7, 11) is 1.59. The van der Waals surface area contributed by atoms with Crippen LogP contribution in [0.1, 0.15) is 19.1 Å². The van der Waals surface area contributed by atoms with Gasteiger partial charge in [0.15, 0.2) is 11.2 Å². The smallest absolute Gasteiger partial charge is 0.281 e. The summed E-state index contributed by atoms with van der Waals surface area (Å²) in [6, 6.07) is 0. The number of aromatic nitrogens is 4. The topological polar surface area (TPSA) is 88.0 Å². The standard InChI is InChI=1S/C10H13N5O2/c1-14-9(16)7-8(13-10(14)11)12-5-15(7)6-3-2-4-17-6/h5-6H,2-4H2,1H3,(H2,11,13). The molecule has 0 aliphatic carbocycles. The fourth-order valence-corrected chi connectivity index (χ4v) is 2.08. The van der Waals surface area contributed by atoms with Crippen molar-refractivity contribution in [1.29, 1.82) is 0 Å². The minimum absolute atomic E-state index is 0.113. The Morgan fingerprint density at radius 3 is 3.12 bits per heavy atom. The average molecular weight is 235 g/mol. The Morgan fingerprint density at radius 2 is 2.41 bits per heavy atom. The molecule has 1 atom stereocenters. The van der Waals surface area contributed by atoms with Gasteiger partial charge in [-0.05, 0) is 12.8 Å². The molecule has 90 valence electrons. The molecule has 0 bridgehead atoms. The minimum Gasteiger partial charge on any atom is -0.369 e. The van der Waals surface area contributed by atoms with E-state index >= 15 is 0 Å². The van der Waals surface area contributed by atoms with Crippen LogP contribution in [0.4, 0.5) is 5.95 Å². The van der Waals surface area contributed by atoms with Gasteiger partial charge in [-0.25, -0.2) is 4.98 Å². The highest BCUT2D eigenvalue weighted by molar-refractivity contribution is 5.71. The van der Waals surface area contributed by atoms with Crippen LogP contribution < -0.4 is 11.3 Å². The molecule has 2 aromatic heterocycles. The van der Waals surface area contributed by atoms with E-state index < -0.39 is 0 Å². The van der Waals surface area contributed by atoms with Gasteiger partial charge >= 0.3 is 0 Å². The van der Waals surface area contributed by atoms with Crippen LogP contribution in [0.3, 0.4) is 0 Å². The van der Waals surface area contributed by atoms with Crippen LogP contribution >= 0.6 is 0 Å². The van der Waals surface area contributed by atoms with E-state index in [1.807, 2.05) is 0 Å². The molecular formula is C10H13N5O2. The third-order valence-electron chi connectivity index (χ3n) is 3.06. The number of nitrogens with two attached hydrogens (primary N) is 1. The summed E-state index contributed by atoms with van der Waals surface area (Å²) in [5.41, 5.74) is 6.26. The lowest BCUT2D eigenvalue weighted by Crippen LogP contribution is -2.24. The first kappa shape index (κ1) is 10.3. The predicted octanol–water partition coefficient (Wildman–Crippen LogP) is 0.0212. The molecule has 1 aliphatic heterocycles. The molecule has 1 saturated heterocycles. The molecule has 7 heteroatoms. The fourth-order valence-electron chi connectivity index (χ4n) is 2.08. The van der Waals surface area contributed by atoms with Gasteiger partial charge in [0.2, 0.25) is 5.95 Å². The summed E-state index contributed by atoms with van der Waals surface area (Å²) in [5.74, 6) is 0.167. The van der Waals surface area contributed by atoms with Gasteiger partial charge in [0.25, 0.3) is 5.56 Å². The molecule has 0 aromatic carbocycles. The summed E-state index contributed by atoms with van der Waals surface area (Å²) >= 11 is 0. The first-order valence-corrected chi connectivity index (χ1v) is 5.49. The molecule has 3 rings (SSSR count). The second-order valence-corrected chi connectivity index (χ2v) is 4.13. The summed E-state index contributed by atoms with van der Waals surface area (Å²) in [6.45, 7) is 0.715. The van der Waals surface area contributed by atoms with Crippen LogP contribution in [0.5, 0.6) is 0 Å². The molecule has 7 nitrogen and oxygen atoms in total. The molecule has 1 aliphatic rings. The number of nitrogens with zero attached hydrogens (tertiary/aromatic N) is 4. The third kappa shape index (κ3) is 1.42. The summed E-state index contributed by atoms with van der Waals surface area (Å²) in [4.78, 5) is 20.3. The number of hydrogen-bond donors (Lipinski definition) is 1. The van der Waals surface area contributed by atoms with Crippen molar-refractivity contribution >= 4 is 17.1 Å². The van der Waals surface area contributed by atoms with Gasteiger partial charge in [0.1, 0.15) is 6.23 Å². The van der Waals surface area contributed by atoms with E-state index in [2.05, 4.69) is 9.97 Å². The number of hydrogen-bond acceptors (Lipinski definition) is 5. The lowest BCUT2D eigenvalue weighted by atomic mass is 10.3. The molecule has 3 heterocycles. The van der Waals surface area contributed by atoms with Crippen LogP contribution in [0.25, 0.3) is 11.2 Å². The zero-order valence-electron chi connectivity index (χ0n) is 9.46. The Bertz CT molecular complexity index is 623. The molecule has 2 aromatic rings. The lowest BCUT2D eigenvalue weighted by molar-refractivity contribution is 0.0595. The number of rotatable bonds is 1. The zero-order chi connectivity index (χ0) is 12.0. The van der Waals surface area contributed by atoms with Gasteiger partial charge in [0, 0.05) is 13.7 Å². The maximum Gasteiger partial charge on any atom is 0.281 e. The first-order valence-electron chi connectivity index (χ1n) is 5.49. The molecule has 1 unspecified atom stereocenters. The average Bonchev–Trinajstić information content (AvgIpc) is 2.93. The Kier molecular flexibility index (Phi) is 2.15. The number of nitrogen functional groups attached to an aromatic ring is 1. The number of imidazole rings is 1. The van der Waals surface area contributed by atoms with Crippen molar-refractivity contribution in [2.24, 2.45) is 7.05 Å². The highest BCUT2D eigenvalue weighted by Gasteiger charge is 2.22. The summed E-state index contributed by atoms with van der Waals surface area (Å²) in [5, 5.41) is 0. The Balaban J connectivity index is 2.27. The van der Waals surface area contributed by atoms with Gasteiger partial charge in [-0.2, -0.15) is 4.98 Å². The SMILES string of the molecule is Cn1c(N)nc2ncn(C3CCCO3)c2c1=O. The quantitative estimate of drug-likeness (QED) is 0.752. The zero-order valence-corrected chi connectivity index (χ0v) is 9.46. The highest BCUT2D eigenvalue weighted by atomic mass is 16.5. The van der Waals surface area contributed by atoms with Crippen LogP contribution in [0.15, 0.2) is 11.1 Å². The maximum atomic E-state index is 12.1. The first-order chi connectivity index (χ1) is 8.18. The van der Waals surface area contributed by atoms with Crippen LogP contribution in [0, 0.1) is 0 Å². The molecule has 0 spiro atoms. The molecule has 17 heavy (non-hydrogen) atoms. The number of ether oxygens (including phenoxy) is 1. The van der Waals surface area contributed by atoms with Crippen LogP contribution in [0.2, 0.25) is 0 Å². The monoisotopic (exact) mass is 235 g/mol. The van der Waals surface area contributed by atoms with Crippen molar-refractivity contribution in [1.82, 2.24) is 19.1 Å². The van der Waals surface area contributed by atoms with Crippen molar-refractivity contribution in [2.75, 3.05) is 12.3 Å².